The predicted octanol–water partition coefficient (Wildman–Crippen LogP) is 2.70. The van der Waals surface area contributed by atoms with Crippen molar-refractivity contribution in [3.63, 3.8) is 0 Å². The van der Waals surface area contributed by atoms with E-state index in [0.29, 0.717) is 5.96 Å². The number of nitrogens with one attached hydrogen (secondary N) is 4. The molecule has 4 aromatic rings. The van der Waals surface area contributed by atoms with E-state index < -0.39 is 0 Å². The maximum absolute atomic E-state index is 8.57. The molecule has 1 saturated heterocycles. The topological polar surface area (TPSA) is 113 Å². The zero-order valence-corrected chi connectivity index (χ0v) is 16.4. The van der Waals surface area contributed by atoms with Gasteiger partial charge in [0.25, 0.3) is 0 Å². The Hall–Kier alpha value is -3.62. The fourth-order valence-corrected chi connectivity index (χ4v) is 4.04. The van der Waals surface area contributed by atoms with Crippen LogP contribution in [0.15, 0.2) is 37.1 Å². The molecule has 0 radical (unpaired) electrons. The highest BCUT2D eigenvalue weighted by atomic mass is 15.4. The van der Waals surface area contributed by atoms with Crippen LogP contribution in [0.4, 0.5) is 11.5 Å². The van der Waals surface area contributed by atoms with Crippen molar-refractivity contribution in [2.24, 2.45) is 0 Å². The molecule has 1 atom stereocenters. The first kappa shape index (κ1) is 17.5. The van der Waals surface area contributed by atoms with E-state index in [0.717, 1.165) is 58.8 Å². The van der Waals surface area contributed by atoms with E-state index in [2.05, 4.69) is 53.9 Å². The van der Waals surface area contributed by atoms with Gasteiger partial charge in [-0.1, -0.05) is 0 Å². The molecule has 0 saturated carbocycles. The number of hydrogen-bond donors (Lipinski definition) is 4. The minimum Gasteiger partial charge on any atom is -0.352 e. The highest BCUT2D eigenvalue weighted by molar-refractivity contribution is 5.94. The van der Waals surface area contributed by atoms with Gasteiger partial charge >= 0.3 is 0 Å². The number of guanidine groups is 1. The molecule has 0 amide bonds. The molecule has 9 heteroatoms. The highest BCUT2D eigenvalue weighted by Crippen LogP contribution is 2.27. The molecule has 1 aliphatic heterocycles. The van der Waals surface area contributed by atoms with Gasteiger partial charge in [0.1, 0.15) is 17.8 Å². The summed E-state index contributed by atoms with van der Waals surface area (Å²) >= 11 is 0. The zero-order chi connectivity index (χ0) is 20.0. The smallest absolute Gasteiger partial charge is 0.195 e. The Balaban J connectivity index is 1.31. The molecule has 29 heavy (non-hydrogen) atoms. The van der Waals surface area contributed by atoms with Gasteiger partial charge < -0.3 is 25.1 Å². The Kier molecular flexibility index (Phi) is 4.08. The Morgan fingerprint density at radius 1 is 1.21 bits per heavy atom. The van der Waals surface area contributed by atoms with E-state index in [1.807, 2.05) is 24.4 Å². The van der Waals surface area contributed by atoms with E-state index in [1.165, 1.54) is 0 Å². The first-order valence-corrected chi connectivity index (χ1v) is 9.69. The number of nitrogens with zero attached hydrogens (tertiary/aromatic N) is 5. The van der Waals surface area contributed by atoms with Crippen molar-refractivity contribution >= 4 is 39.5 Å². The number of rotatable bonds is 2. The van der Waals surface area contributed by atoms with Crippen LogP contribution in [0, 0.1) is 12.3 Å². The summed E-state index contributed by atoms with van der Waals surface area (Å²) < 4.78 is 0. The lowest BCUT2D eigenvalue weighted by atomic mass is 10.1. The van der Waals surface area contributed by atoms with Crippen LogP contribution >= 0.6 is 0 Å². The van der Waals surface area contributed by atoms with Crippen molar-refractivity contribution in [2.75, 3.05) is 29.9 Å². The number of H-pyrrole nitrogens is 2. The monoisotopic (exact) mass is 389 g/mol. The number of aromatic nitrogens is 5. The zero-order valence-electron chi connectivity index (χ0n) is 16.4. The van der Waals surface area contributed by atoms with Gasteiger partial charge in [0.15, 0.2) is 5.96 Å². The number of aromatic amines is 2. The van der Waals surface area contributed by atoms with Gasteiger partial charge in [-0.25, -0.2) is 15.0 Å². The van der Waals surface area contributed by atoms with Gasteiger partial charge in [-0.15, -0.1) is 0 Å². The molecule has 9 nitrogen and oxygen atoms in total. The van der Waals surface area contributed by atoms with E-state index in [9.17, 15) is 0 Å². The van der Waals surface area contributed by atoms with Crippen LogP contribution < -0.4 is 10.2 Å². The van der Waals surface area contributed by atoms with Crippen LogP contribution in [0.3, 0.4) is 0 Å². The van der Waals surface area contributed by atoms with E-state index in [-0.39, 0.29) is 6.04 Å². The molecule has 4 heterocycles. The molecular weight excluding hydrogens is 366 g/mol. The number of anilines is 2. The normalized spacial score (nSPS) is 17.2. The second kappa shape index (κ2) is 6.77. The van der Waals surface area contributed by atoms with E-state index in [1.54, 1.807) is 12.7 Å². The summed E-state index contributed by atoms with van der Waals surface area (Å²) in [6, 6.07) is 6.04. The molecule has 4 N–H and O–H groups in total. The van der Waals surface area contributed by atoms with Gasteiger partial charge in [0.2, 0.25) is 0 Å². The number of piperazine rings is 1. The quantitative estimate of drug-likeness (QED) is 0.310. The molecule has 0 bridgehead atoms. The lowest BCUT2D eigenvalue weighted by Crippen LogP contribution is -2.55. The summed E-state index contributed by atoms with van der Waals surface area (Å²) in [6.45, 7) is 6.55. The fraction of sp³-hybridized carbons (Fsp3) is 0.300. The number of imidazole rings is 1. The first-order valence-electron chi connectivity index (χ1n) is 9.69. The van der Waals surface area contributed by atoms with Gasteiger partial charge in [0, 0.05) is 37.6 Å². The van der Waals surface area contributed by atoms with Crippen LogP contribution in [0.1, 0.15) is 12.5 Å². The van der Waals surface area contributed by atoms with Crippen molar-refractivity contribution in [3.05, 3.63) is 42.6 Å². The molecule has 0 aliphatic carbocycles. The number of benzene rings is 1. The van der Waals surface area contributed by atoms with Crippen LogP contribution in [0.25, 0.3) is 22.1 Å². The Morgan fingerprint density at radius 3 is 2.97 bits per heavy atom. The Labute approximate surface area is 167 Å². The lowest BCUT2D eigenvalue weighted by Gasteiger charge is -2.41. The lowest BCUT2D eigenvalue weighted by molar-refractivity contribution is 0.295. The predicted molar refractivity (Wildman–Crippen MR) is 114 cm³/mol. The number of hydrogen-bond acceptors (Lipinski definition) is 5. The third-order valence-electron chi connectivity index (χ3n) is 5.54. The first-order chi connectivity index (χ1) is 14.1. The molecule has 1 aromatic carbocycles. The van der Waals surface area contributed by atoms with E-state index in [4.69, 9.17) is 5.41 Å². The van der Waals surface area contributed by atoms with Gasteiger partial charge in [-0.3, -0.25) is 5.41 Å². The third kappa shape index (κ3) is 3.04. The van der Waals surface area contributed by atoms with Crippen LogP contribution in [-0.4, -0.2) is 61.5 Å². The molecular formula is C20H23N9. The van der Waals surface area contributed by atoms with Crippen LogP contribution in [0.2, 0.25) is 0 Å². The van der Waals surface area contributed by atoms with E-state index >= 15 is 0 Å². The van der Waals surface area contributed by atoms with Crippen molar-refractivity contribution < 1.29 is 0 Å². The van der Waals surface area contributed by atoms with Gasteiger partial charge in [-0.05, 0) is 37.6 Å². The molecule has 148 valence electrons. The summed E-state index contributed by atoms with van der Waals surface area (Å²) in [4.78, 5) is 23.8. The summed E-state index contributed by atoms with van der Waals surface area (Å²) in [5.74, 6) is 1.37. The maximum atomic E-state index is 8.57. The van der Waals surface area contributed by atoms with Crippen molar-refractivity contribution in [1.82, 2.24) is 29.8 Å². The minimum absolute atomic E-state index is 0.170. The minimum atomic E-state index is 0.170. The molecule has 1 aliphatic rings. The number of aryl methyl sites for hydroxylation is 1. The van der Waals surface area contributed by atoms with Crippen LogP contribution in [0.5, 0.6) is 0 Å². The summed E-state index contributed by atoms with van der Waals surface area (Å²) in [5, 5.41) is 12.9. The SMILES string of the molecule is Cc1c[nH]c2ncnc(N3CCN(C(=N)Nc4ccc5nc[nH]c5c4)[C@@H](C)C3)c12. The van der Waals surface area contributed by atoms with Crippen molar-refractivity contribution in [2.45, 2.75) is 19.9 Å². The highest BCUT2D eigenvalue weighted by Gasteiger charge is 2.28. The molecule has 0 unspecified atom stereocenters. The Morgan fingerprint density at radius 2 is 2.10 bits per heavy atom. The Bertz CT molecular complexity index is 1190. The average Bonchev–Trinajstić information content (AvgIpc) is 3.34. The molecule has 0 spiro atoms. The molecule has 3 aromatic heterocycles. The van der Waals surface area contributed by atoms with Crippen molar-refractivity contribution in [3.8, 4) is 0 Å². The summed E-state index contributed by atoms with van der Waals surface area (Å²) in [7, 11) is 0. The summed E-state index contributed by atoms with van der Waals surface area (Å²) in [5.41, 5.74) is 4.76. The maximum Gasteiger partial charge on any atom is 0.195 e. The van der Waals surface area contributed by atoms with Gasteiger partial charge in [0.05, 0.1) is 22.7 Å². The fourth-order valence-electron chi connectivity index (χ4n) is 4.04. The largest absolute Gasteiger partial charge is 0.352 e. The standard InChI is InChI=1S/C20H23N9/c1-12-8-22-18-17(12)19(26-11-25-18)28-5-6-29(13(2)9-28)20(21)27-14-3-4-15-16(7-14)24-10-23-15/h3-4,7-8,10-11,13H,5-6,9H2,1-2H3,(H2,21,27)(H,23,24)(H,22,25,26)/t13-/m0/s1. The molecule has 1 fully saturated rings. The molecule has 5 rings (SSSR count). The second-order valence-corrected chi connectivity index (χ2v) is 7.49. The summed E-state index contributed by atoms with van der Waals surface area (Å²) in [6.07, 6.45) is 5.26. The van der Waals surface area contributed by atoms with Gasteiger partial charge in [-0.2, -0.15) is 0 Å². The average molecular weight is 389 g/mol. The van der Waals surface area contributed by atoms with Crippen LogP contribution in [-0.2, 0) is 0 Å². The van der Waals surface area contributed by atoms with Crippen molar-refractivity contribution in [1.29, 1.82) is 5.41 Å². The number of fused-ring (bicyclic) bond motifs is 2. The second-order valence-electron chi connectivity index (χ2n) is 7.49. The third-order valence-corrected chi connectivity index (χ3v) is 5.54.